The van der Waals surface area contributed by atoms with Gasteiger partial charge in [-0.25, -0.2) is 4.98 Å². The molecule has 0 unspecified atom stereocenters. The Balaban J connectivity index is 1.34. The molecule has 0 radical (unpaired) electrons. The Morgan fingerprint density at radius 3 is 2.83 bits per heavy atom. The summed E-state index contributed by atoms with van der Waals surface area (Å²) in [6.45, 7) is 6.26. The van der Waals surface area contributed by atoms with Crippen molar-refractivity contribution < 1.29 is 9.21 Å². The van der Waals surface area contributed by atoms with Crippen LogP contribution >= 0.6 is 0 Å². The smallest absolute Gasteiger partial charge is 0.273 e. The molecule has 2 aromatic heterocycles. The first-order chi connectivity index (χ1) is 14.6. The van der Waals surface area contributed by atoms with Crippen LogP contribution in [0.4, 0.5) is 0 Å². The molecule has 156 valence electrons. The van der Waals surface area contributed by atoms with E-state index in [9.17, 15) is 4.79 Å². The summed E-state index contributed by atoms with van der Waals surface area (Å²) < 4.78 is 5.62. The topological polar surface area (TPSA) is 71.3 Å². The van der Waals surface area contributed by atoms with Gasteiger partial charge in [0.1, 0.15) is 6.26 Å². The Labute approximate surface area is 177 Å². The first kappa shape index (κ1) is 20.3. The second-order valence-corrected chi connectivity index (χ2v) is 8.02. The molecular weight excluding hydrogens is 376 g/mol. The molecule has 0 saturated heterocycles. The average molecular weight is 405 g/mol. The molecule has 0 aliphatic heterocycles. The molecule has 1 aromatic carbocycles. The van der Waals surface area contributed by atoms with Crippen LogP contribution in [-0.4, -0.2) is 33.4 Å². The molecule has 1 amide bonds. The third kappa shape index (κ3) is 5.33. The molecule has 1 aliphatic carbocycles. The van der Waals surface area contributed by atoms with E-state index in [1.54, 1.807) is 6.20 Å². The van der Waals surface area contributed by atoms with Gasteiger partial charge >= 0.3 is 0 Å². The quantitative estimate of drug-likeness (QED) is 0.587. The van der Waals surface area contributed by atoms with Crippen molar-refractivity contribution in [3.8, 4) is 0 Å². The van der Waals surface area contributed by atoms with E-state index in [0.29, 0.717) is 37.1 Å². The van der Waals surface area contributed by atoms with Gasteiger partial charge in [0, 0.05) is 37.4 Å². The van der Waals surface area contributed by atoms with Crippen molar-refractivity contribution in [1.82, 2.24) is 20.2 Å². The molecule has 3 aromatic rings. The van der Waals surface area contributed by atoms with Gasteiger partial charge < -0.3 is 9.73 Å². The van der Waals surface area contributed by atoms with E-state index in [4.69, 9.17) is 4.42 Å². The van der Waals surface area contributed by atoms with Crippen molar-refractivity contribution >= 4 is 5.91 Å². The maximum absolute atomic E-state index is 12.4. The van der Waals surface area contributed by atoms with Gasteiger partial charge in [-0.05, 0) is 49.9 Å². The Kier molecular flexibility index (Phi) is 6.23. The van der Waals surface area contributed by atoms with E-state index < -0.39 is 0 Å². The Morgan fingerprint density at radius 2 is 2.07 bits per heavy atom. The van der Waals surface area contributed by atoms with Crippen LogP contribution < -0.4 is 5.32 Å². The third-order valence-electron chi connectivity index (χ3n) is 5.46. The normalized spacial score (nSPS) is 13.6. The number of hydrogen-bond donors (Lipinski definition) is 1. The van der Waals surface area contributed by atoms with E-state index in [1.807, 2.05) is 18.2 Å². The van der Waals surface area contributed by atoms with Gasteiger partial charge in [-0.1, -0.05) is 29.8 Å². The molecule has 30 heavy (non-hydrogen) atoms. The number of nitrogens with zero attached hydrogens (tertiary/aromatic N) is 3. The van der Waals surface area contributed by atoms with Gasteiger partial charge in [-0.15, -0.1) is 0 Å². The first-order valence-electron chi connectivity index (χ1n) is 10.5. The summed E-state index contributed by atoms with van der Waals surface area (Å²) in [4.78, 5) is 23.5. The molecule has 0 bridgehead atoms. The molecule has 0 spiro atoms. The zero-order valence-electron chi connectivity index (χ0n) is 17.6. The highest BCUT2D eigenvalue weighted by molar-refractivity contribution is 5.91. The van der Waals surface area contributed by atoms with Gasteiger partial charge in [-0.2, -0.15) is 0 Å². The molecule has 1 saturated carbocycles. The fourth-order valence-corrected chi connectivity index (χ4v) is 3.55. The van der Waals surface area contributed by atoms with Crippen LogP contribution in [-0.2, 0) is 19.5 Å². The standard InChI is InChI=1S/C24H28N4O2/c1-17-6-7-18(2)19(13-17)14-28(21-8-9-21)15-23-27-22(16-30-23)24(29)26-12-10-20-5-3-4-11-25-20/h3-7,11,13,16,21H,8-10,12,14-15H2,1-2H3,(H,26,29). The minimum atomic E-state index is -0.214. The lowest BCUT2D eigenvalue weighted by Crippen LogP contribution is -2.27. The van der Waals surface area contributed by atoms with E-state index in [2.05, 4.69) is 52.2 Å². The van der Waals surface area contributed by atoms with Crippen molar-refractivity contribution in [2.75, 3.05) is 6.54 Å². The summed E-state index contributed by atoms with van der Waals surface area (Å²) in [5, 5.41) is 2.89. The van der Waals surface area contributed by atoms with Gasteiger partial charge in [0.25, 0.3) is 5.91 Å². The second kappa shape index (κ2) is 9.22. The summed E-state index contributed by atoms with van der Waals surface area (Å²) in [7, 11) is 0. The molecular formula is C24H28N4O2. The number of benzene rings is 1. The number of carbonyl (C=O) groups excluding carboxylic acids is 1. The van der Waals surface area contributed by atoms with E-state index in [0.717, 1.165) is 12.2 Å². The minimum absolute atomic E-state index is 0.214. The van der Waals surface area contributed by atoms with E-state index >= 15 is 0 Å². The summed E-state index contributed by atoms with van der Waals surface area (Å²) in [6.07, 6.45) is 6.29. The number of nitrogens with one attached hydrogen (secondary N) is 1. The fourth-order valence-electron chi connectivity index (χ4n) is 3.55. The lowest BCUT2D eigenvalue weighted by atomic mass is 10.1. The van der Waals surface area contributed by atoms with Crippen LogP contribution in [0.1, 0.15) is 51.6 Å². The van der Waals surface area contributed by atoms with Crippen LogP contribution in [0.3, 0.4) is 0 Å². The number of hydrogen-bond acceptors (Lipinski definition) is 5. The lowest BCUT2D eigenvalue weighted by Gasteiger charge is -2.21. The van der Waals surface area contributed by atoms with Gasteiger partial charge in [0.05, 0.1) is 6.54 Å². The molecule has 1 fully saturated rings. The van der Waals surface area contributed by atoms with Gasteiger partial charge in [0.15, 0.2) is 5.69 Å². The number of carbonyl (C=O) groups is 1. The fraction of sp³-hybridized carbons (Fsp3) is 0.375. The number of aromatic nitrogens is 2. The summed E-state index contributed by atoms with van der Waals surface area (Å²) in [6, 6.07) is 12.9. The first-order valence-corrected chi connectivity index (χ1v) is 10.5. The summed E-state index contributed by atoms with van der Waals surface area (Å²) >= 11 is 0. The van der Waals surface area contributed by atoms with Crippen LogP contribution in [0.15, 0.2) is 53.3 Å². The molecule has 0 atom stereocenters. The van der Waals surface area contributed by atoms with E-state index in [-0.39, 0.29) is 5.91 Å². The number of pyridine rings is 1. The molecule has 4 rings (SSSR count). The molecule has 2 heterocycles. The van der Waals surface area contributed by atoms with Crippen LogP contribution in [0.2, 0.25) is 0 Å². The monoisotopic (exact) mass is 404 g/mol. The maximum Gasteiger partial charge on any atom is 0.273 e. The number of amides is 1. The van der Waals surface area contributed by atoms with Crippen LogP contribution in [0.5, 0.6) is 0 Å². The highest BCUT2D eigenvalue weighted by Crippen LogP contribution is 2.30. The molecule has 6 nitrogen and oxygen atoms in total. The lowest BCUT2D eigenvalue weighted by molar-refractivity contribution is 0.0949. The summed E-state index contributed by atoms with van der Waals surface area (Å²) in [5.74, 6) is 0.371. The average Bonchev–Trinajstić information content (AvgIpc) is 3.49. The highest BCUT2D eigenvalue weighted by atomic mass is 16.3. The predicted molar refractivity (Wildman–Crippen MR) is 115 cm³/mol. The summed E-state index contributed by atoms with van der Waals surface area (Å²) in [5.41, 5.74) is 5.18. The van der Waals surface area contributed by atoms with Crippen molar-refractivity contribution in [2.24, 2.45) is 0 Å². The third-order valence-corrected chi connectivity index (χ3v) is 5.46. The number of aryl methyl sites for hydroxylation is 2. The molecule has 1 aliphatic rings. The van der Waals surface area contributed by atoms with Crippen molar-refractivity contribution in [3.05, 3.63) is 82.8 Å². The second-order valence-electron chi connectivity index (χ2n) is 8.02. The van der Waals surface area contributed by atoms with Crippen LogP contribution in [0.25, 0.3) is 0 Å². The van der Waals surface area contributed by atoms with Crippen LogP contribution in [0, 0.1) is 13.8 Å². The number of rotatable bonds is 9. The molecule has 6 heteroatoms. The van der Waals surface area contributed by atoms with E-state index in [1.165, 1.54) is 35.8 Å². The SMILES string of the molecule is Cc1ccc(C)c(CN(Cc2nc(C(=O)NCCc3ccccn3)co2)C2CC2)c1. The Morgan fingerprint density at radius 1 is 1.20 bits per heavy atom. The van der Waals surface area contributed by atoms with Crippen molar-refractivity contribution in [2.45, 2.75) is 52.2 Å². The Hall–Kier alpha value is -2.99. The zero-order chi connectivity index (χ0) is 20.9. The predicted octanol–water partition coefficient (Wildman–Crippen LogP) is 3.82. The Bertz CT molecular complexity index is 995. The minimum Gasteiger partial charge on any atom is -0.447 e. The largest absolute Gasteiger partial charge is 0.447 e. The highest BCUT2D eigenvalue weighted by Gasteiger charge is 2.30. The van der Waals surface area contributed by atoms with Crippen molar-refractivity contribution in [3.63, 3.8) is 0 Å². The van der Waals surface area contributed by atoms with Crippen molar-refractivity contribution in [1.29, 1.82) is 0 Å². The zero-order valence-corrected chi connectivity index (χ0v) is 17.6. The van der Waals surface area contributed by atoms with Gasteiger partial charge in [0.2, 0.25) is 5.89 Å². The maximum atomic E-state index is 12.4. The number of oxazole rings is 1. The van der Waals surface area contributed by atoms with Gasteiger partial charge in [-0.3, -0.25) is 14.7 Å². The molecule has 1 N–H and O–H groups in total.